The fraction of sp³-hybridized carbons (Fsp3) is 0.190. The van der Waals surface area contributed by atoms with Gasteiger partial charge in [-0.05, 0) is 24.1 Å². The Morgan fingerprint density at radius 2 is 1.76 bits per heavy atom. The predicted molar refractivity (Wildman–Crippen MR) is 107 cm³/mol. The number of aromatic nitrogens is 6. The van der Waals surface area contributed by atoms with Gasteiger partial charge in [0.2, 0.25) is 0 Å². The first-order valence-electron chi connectivity index (χ1n) is 9.12. The molecule has 1 aromatic carbocycles. The molecule has 29 heavy (non-hydrogen) atoms. The van der Waals surface area contributed by atoms with E-state index in [9.17, 15) is 4.79 Å². The zero-order valence-electron chi connectivity index (χ0n) is 16.1. The molecule has 8 heteroatoms. The lowest BCUT2D eigenvalue weighted by molar-refractivity contribution is 0.111. The van der Waals surface area contributed by atoms with Crippen molar-refractivity contribution in [3.63, 3.8) is 0 Å². The summed E-state index contributed by atoms with van der Waals surface area (Å²) in [5, 5.41) is 17.6. The molecule has 4 rings (SSSR count). The van der Waals surface area contributed by atoms with Crippen LogP contribution in [0.2, 0.25) is 0 Å². The highest BCUT2D eigenvalue weighted by Crippen LogP contribution is 2.33. The van der Waals surface area contributed by atoms with Gasteiger partial charge in [0.1, 0.15) is 5.69 Å². The number of hydrogen-bond acceptors (Lipinski definition) is 5. The van der Waals surface area contributed by atoms with Crippen molar-refractivity contribution in [2.45, 2.75) is 13.0 Å². The van der Waals surface area contributed by atoms with Crippen LogP contribution >= 0.6 is 0 Å². The van der Waals surface area contributed by atoms with Gasteiger partial charge in [0.15, 0.2) is 12.1 Å². The molecule has 0 N–H and O–H groups in total. The molecule has 4 aromatic rings. The number of carbonyl (C=O) groups excluding carboxylic acids is 1. The largest absolute Gasteiger partial charge is 0.321 e. The van der Waals surface area contributed by atoms with E-state index in [4.69, 9.17) is 5.26 Å². The zero-order valence-corrected chi connectivity index (χ0v) is 16.1. The lowest BCUT2D eigenvalue weighted by Crippen LogP contribution is -2.07. The van der Waals surface area contributed by atoms with Crippen LogP contribution in [0.3, 0.4) is 0 Å². The number of carbonyl (C=O) groups is 1. The van der Waals surface area contributed by atoms with E-state index in [2.05, 4.69) is 21.3 Å². The number of rotatable bonds is 6. The summed E-state index contributed by atoms with van der Waals surface area (Å²) >= 11 is 0. The van der Waals surface area contributed by atoms with Gasteiger partial charge in [0.05, 0.1) is 29.7 Å². The molecule has 0 atom stereocenters. The van der Waals surface area contributed by atoms with E-state index in [1.54, 1.807) is 27.7 Å². The number of aryl methyl sites for hydroxylation is 3. The van der Waals surface area contributed by atoms with Crippen LogP contribution in [0.1, 0.15) is 21.7 Å². The van der Waals surface area contributed by atoms with Crippen LogP contribution in [0.4, 0.5) is 0 Å². The summed E-state index contributed by atoms with van der Waals surface area (Å²) in [6.45, 7) is 0.572. The molecule has 3 aromatic heterocycles. The minimum absolute atomic E-state index is 0.354. The minimum atomic E-state index is 0.354. The Morgan fingerprint density at radius 1 is 1.03 bits per heavy atom. The molecule has 0 unspecified atom stereocenters. The fourth-order valence-electron chi connectivity index (χ4n) is 3.37. The molecule has 0 saturated heterocycles. The summed E-state index contributed by atoms with van der Waals surface area (Å²) in [7, 11) is 3.71. The van der Waals surface area contributed by atoms with Gasteiger partial charge in [0.25, 0.3) is 0 Å². The lowest BCUT2D eigenvalue weighted by Gasteiger charge is -2.11. The van der Waals surface area contributed by atoms with E-state index in [-0.39, 0.29) is 0 Å². The first-order valence-corrected chi connectivity index (χ1v) is 9.12. The van der Waals surface area contributed by atoms with Crippen molar-refractivity contribution in [3.8, 4) is 28.6 Å². The van der Waals surface area contributed by atoms with Gasteiger partial charge in [-0.25, -0.2) is 4.98 Å². The quantitative estimate of drug-likeness (QED) is 0.476. The van der Waals surface area contributed by atoms with E-state index in [1.807, 2.05) is 49.4 Å². The van der Waals surface area contributed by atoms with Crippen LogP contribution in [0.25, 0.3) is 22.5 Å². The van der Waals surface area contributed by atoms with Crippen LogP contribution in [0.15, 0.2) is 49.1 Å². The molecule has 8 nitrogen and oxygen atoms in total. The summed E-state index contributed by atoms with van der Waals surface area (Å²) in [5.41, 5.74) is 4.88. The molecule has 0 aliphatic rings. The van der Waals surface area contributed by atoms with Crippen LogP contribution in [0, 0.1) is 11.3 Å². The van der Waals surface area contributed by atoms with Gasteiger partial charge in [-0.2, -0.15) is 15.5 Å². The fourth-order valence-corrected chi connectivity index (χ4v) is 3.37. The first-order chi connectivity index (χ1) is 14.1. The molecule has 0 spiro atoms. The summed E-state index contributed by atoms with van der Waals surface area (Å²) in [6.07, 6.45) is 8.87. The number of nitriles is 1. The van der Waals surface area contributed by atoms with Crippen molar-refractivity contribution >= 4 is 6.29 Å². The minimum Gasteiger partial charge on any atom is -0.321 e. The van der Waals surface area contributed by atoms with Crippen molar-refractivity contribution < 1.29 is 4.79 Å². The summed E-state index contributed by atoms with van der Waals surface area (Å²) in [4.78, 5) is 16.4. The molecule has 0 saturated carbocycles. The van der Waals surface area contributed by atoms with Gasteiger partial charge >= 0.3 is 0 Å². The molecule has 0 amide bonds. The van der Waals surface area contributed by atoms with Crippen LogP contribution in [-0.2, 0) is 27.1 Å². The average molecular weight is 385 g/mol. The maximum Gasteiger partial charge on any atom is 0.185 e. The number of aldehydes is 1. The second-order valence-corrected chi connectivity index (χ2v) is 6.80. The van der Waals surface area contributed by atoms with Gasteiger partial charge < -0.3 is 4.57 Å². The number of imidazole rings is 1. The molecule has 0 radical (unpaired) electrons. The topological polar surface area (TPSA) is 94.3 Å². The van der Waals surface area contributed by atoms with E-state index < -0.39 is 0 Å². The Morgan fingerprint density at radius 3 is 2.34 bits per heavy atom. The maximum absolute atomic E-state index is 11.8. The van der Waals surface area contributed by atoms with Crippen LogP contribution < -0.4 is 0 Å². The standard InChI is InChI=1S/C21H19N7O/c1-26-12-16(10-23-26)7-8-28-19(14-29)25-20(18-11-24-27(2)13-18)21(28)17-5-3-15(9-22)4-6-17/h3-6,10-14H,7-8H2,1-2H3. The van der Waals surface area contributed by atoms with Gasteiger partial charge in [0, 0.05) is 44.2 Å². The van der Waals surface area contributed by atoms with E-state index in [0.29, 0.717) is 30.0 Å². The molecule has 0 fully saturated rings. The molecule has 144 valence electrons. The highest BCUT2D eigenvalue weighted by molar-refractivity contribution is 5.83. The Hall–Kier alpha value is -3.99. The third kappa shape index (κ3) is 3.58. The third-order valence-corrected chi connectivity index (χ3v) is 4.75. The summed E-state index contributed by atoms with van der Waals surface area (Å²) in [5.74, 6) is 0.354. The Bertz CT molecular complexity index is 1200. The van der Waals surface area contributed by atoms with Crippen molar-refractivity contribution in [2.75, 3.05) is 0 Å². The first kappa shape index (κ1) is 18.4. The number of hydrogen-bond donors (Lipinski definition) is 0. The molecule has 0 aliphatic carbocycles. The zero-order chi connectivity index (χ0) is 20.4. The van der Waals surface area contributed by atoms with E-state index in [0.717, 1.165) is 28.7 Å². The third-order valence-electron chi connectivity index (χ3n) is 4.75. The second kappa shape index (κ2) is 7.56. The smallest absolute Gasteiger partial charge is 0.185 e. The number of benzene rings is 1. The van der Waals surface area contributed by atoms with Gasteiger partial charge in [-0.3, -0.25) is 14.2 Å². The lowest BCUT2D eigenvalue weighted by atomic mass is 10.1. The normalized spacial score (nSPS) is 10.8. The SMILES string of the molecule is Cn1cc(CCn2c(C=O)nc(-c3cnn(C)c3)c2-c2ccc(C#N)cc2)cn1. The number of nitrogens with zero attached hydrogens (tertiary/aromatic N) is 7. The summed E-state index contributed by atoms with van der Waals surface area (Å²) < 4.78 is 5.38. The molecule has 0 aliphatic heterocycles. The van der Waals surface area contributed by atoms with Crippen molar-refractivity contribution in [1.82, 2.24) is 29.1 Å². The van der Waals surface area contributed by atoms with E-state index in [1.165, 1.54) is 0 Å². The Balaban J connectivity index is 1.84. The highest BCUT2D eigenvalue weighted by Gasteiger charge is 2.21. The van der Waals surface area contributed by atoms with Crippen molar-refractivity contribution in [2.24, 2.45) is 14.1 Å². The predicted octanol–water partition coefficient (Wildman–Crippen LogP) is 2.61. The summed E-state index contributed by atoms with van der Waals surface area (Å²) in [6, 6.07) is 9.42. The van der Waals surface area contributed by atoms with Crippen LogP contribution in [0.5, 0.6) is 0 Å². The van der Waals surface area contributed by atoms with E-state index >= 15 is 0 Å². The van der Waals surface area contributed by atoms with Gasteiger partial charge in [-0.1, -0.05) is 12.1 Å². The molecular formula is C21H19N7O. The highest BCUT2D eigenvalue weighted by atomic mass is 16.1. The van der Waals surface area contributed by atoms with Crippen molar-refractivity contribution in [3.05, 3.63) is 66.0 Å². The Labute approximate surface area is 167 Å². The molecule has 3 heterocycles. The second-order valence-electron chi connectivity index (χ2n) is 6.80. The van der Waals surface area contributed by atoms with Crippen molar-refractivity contribution in [1.29, 1.82) is 5.26 Å². The van der Waals surface area contributed by atoms with Crippen LogP contribution in [-0.4, -0.2) is 35.4 Å². The monoisotopic (exact) mass is 385 g/mol. The Kier molecular flexibility index (Phi) is 4.79. The average Bonchev–Trinajstić information content (AvgIpc) is 3.44. The van der Waals surface area contributed by atoms with Gasteiger partial charge in [-0.15, -0.1) is 0 Å². The molecule has 0 bridgehead atoms. The molecular weight excluding hydrogens is 366 g/mol. The maximum atomic E-state index is 11.8.